The second-order valence-corrected chi connectivity index (χ2v) is 5.35. The number of nitrogens with zero attached hydrogens (tertiary/aromatic N) is 1. The van der Waals surface area contributed by atoms with Gasteiger partial charge < -0.3 is 10.4 Å². The van der Waals surface area contributed by atoms with Crippen molar-refractivity contribution in [3.63, 3.8) is 0 Å². The summed E-state index contributed by atoms with van der Waals surface area (Å²) in [4.78, 5) is 27.3. The molecule has 2 N–H and O–H groups in total. The SMILES string of the molecule is CSc1ncccc1C(=O)NC(CC(C)C)C(=O)O. The second kappa shape index (κ2) is 7.13. The zero-order valence-corrected chi connectivity index (χ0v) is 12.0. The Kier molecular flexibility index (Phi) is 5.82. The summed E-state index contributed by atoms with van der Waals surface area (Å²) < 4.78 is 0. The normalized spacial score (nSPS) is 12.2. The number of aliphatic carboxylic acids is 1. The number of amides is 1. The summed E-state index contributed by atoms with van der Waals surface area (Å²) in [5, 5.41) is 12.2. The Morgan fingerprint density at radius 1 is 1.47 bits per heavy atom. The van der Waals surface area contributed by atoms with Crippen LogP contribution in [0.3, 0.4) is 0 Å². The standard InChI is InChI=1S/C13H18N2O3S/c1-8(2)7-10(13(17)18)15-11(16)9-5-4-6-14-12(9)19-3/h4-6,8,10H,7H2,1-3H3,(H,15,16)(H,17,18). The minimum absolute atomic E-state index is 0.190. The maximum Gasteiger partial charge on any atom is 0.326 e. The van der Waals surface area contributed by atoms with E-state index in [4.69, 9.17) is 5.11 Å². The van der Waals surface area contributed by atoms with Crippen molar-refractivity contribution in [2.75, 3.05) is 6.26 Å². The third kappa shape index (κ3) is 4.55. The maximum atomic E-state index is 12.1. The molecule has 0 radical (unpaired) electrons. The van der Waals surface area contributed by atoms with Crippen molar-refractivity contribution in [2.24, 2.45) is 5.92 Å². The highest BCUT2D eigenvalue weighted by molar-refractivity contribution is 7.98. The molecule has 0 fully saturated rings. The summed E-state index contributed by atoms with van der Waals surface area (Å²) in [5.41, 5.74) is 0.407. The van der Waals surface area contributed by atoms with Crippen LogP contribution in [0.15, 0.2) is 23.4 Å². The molecule has 0 aliphatic rings. The molecule has 1 heterocycles. The first kappa shape index (κ1) is 15.5. The fourth-order valence-corrected chi connectivity index (χ4v) is 2.20. The highest BCUT2D eigenvalue weighted by Crippen LogP contribution is 2.17. The number of carbonyl (C=O) groups excluding carboxylic acids is 1. The van der Waals surface area contributed by atoms with E-state index in [9.17, 15) is 9.59 Å². The van der Waals surface area contributed by atoms with Gasteiger partial charge in [-0.25, -0.2) is 9.78 Å². The van der Waals surface area contributed by atoms with E-state index >= 15 is 0 Å². The topological polar surface area (TPSA) is 79.3 Å². The molecule has 104 valence electrons. The van der Waals surface area contributed by atoms with Crippen LogP contribution >= 0.6 is 11.8 Å². The van der Waals surface area contributed by atoms with E-state index < -0.39 is 17.9 Å². The van der Waals surface area contributed by atoms with Crippen LogP contribution in [0.5, 0.6) is 0 Å². The quantitative estimate of drug-likeness (QED) is 0.780. The van der Waals surface area contributed by atoms with Gasteiger partial charge in [0.25, 0.3) is 5.91 Å². The lowest BCUT2D eigenvalue weighted by molar-refractivity contribution is -0.139. The van der Waals surface area contributed by atoms with Gasteiger partial charge in [-0.05, 0) is 30.7 Å². The summed E-state index contributed by atoms with van der Waals surface area (Å²) in [6.45, 7) is 3.83. The average molecular weight is 282 g/mol. The molecule has 5 nitrogen and oxygen atoms in total. The van der Waals surface area contributed by atoms with Crippen molar-refractivity contribution in [3.8, 4) is 0 Å². The zero-order chi connectivity index (χ0) is 14.4. The Hall–Kier alpha value is -1.56. The van der Waals surface area contributed by atoms with Crippen LogP contribution < -0.4 is 5.32 Å². The second-order valence-electron chi connectivity index (χ2n) is 4.55. The van der Waals surface area contributed by atoms with E-state index in [-0.39, 0.29) is 5.92 Å². The summed E-state index contributed by atoms with van der Waals surface area (Å²) in [5.74, 6) is -1.22. The first-order valence-corrected chi connectivity index (χ1v) is 7.20. The number of thioether (sulfide) groups is 1. The molecule has 0 saturated carbocycles. The van der Waals surface area contributed by atoms with Crippen LogP contribution in [0.4, 0.5) is 0 Å². The van der Waals surface area contributed by atoms with Crippen molar-refractivity contribution in [3.05, 3.63) is 23.9 Å². The molecule has 0 bridgehead atoms. The monoisotopic (exact) mass is 282 g/mol. The molecular formula is C13H18N2O3S. The molecule has 1 amide bonds. The molecule has 6 heteroatoms. The molecule has 1 rings (SSSR count). The fraction of sp³-hybridized carbons (Fsp3) is 0.462. The molecule has 1 aromatic rings. The maximum absolute atomic E-state index is 12.1. The number of hydrogen-bond acceptors (Lipinski definition) is 4. The molecule has 0 aliphatic carbocycles. The minimum Gasteiger partial charge on any atom is -0.480 e. The van der Waals surface area contributed by atoms with Crippen LogP contribution in [0.1, 0.15) is 30.6 Å². The number of carboxylic acids is 1. The van der Waals surface area contributed by atoms with Gasteiger partial charge in [-0.15, -0.1) is 11.8 Å². The lowest BCUT2D eigenvalue weighted by Crippen LogP contribution is -2.41. The first-order valence-electron chi connectivity index (χ1n) is 5.98. The van der Waals surface area contributed by atoms with Crippen molar-refractivity contribution < 1.29 is 14.7 Å². The van der Waals surface area contributed by atoms with Crippen molar-refractivity contribution >= 4 is 23.6 Å². The lowest BCUT2D eigenvalue weighted by atomic mass is 10.0. The molecular weight excluding hydrogens is 264 g/mol. The van der Waals surface area contributed by atoms with Gasteiger partial charge in [0.05, 0.1) is 5.56 Å². The molecule has 0 saturated heterocycles. The van der Waals surface area contributed by atoms with Crippen molar-refractivity contribution in [1.29, 1.82) is 0 Å². The minimum atomic E-state index is -1.02. The molecule has 19 heavy (non-hydrogen) atoms. The van der Waals surface area contributed by atoms with E-state index in [0.717, 1.165) is 0 Å². The van der Waals surface area contributed by atoms with E-state index in [0.29, 0.717) is 17.0 Å². The Balaban J connectivity index is 2.84. The number of pyridine rings is 1. The predicted octanol–water partition coefficient (Wildman–Crippen LogP) is 2.03. The molecule has 0 aliphatic heterocycles. The third-order valence-corrected chi connectivity index (χ3v) is 3.23. The average Bonchev–Trinajstić information content (AvgIpc) is 2.37. The highest BCUT2D eigenvalue weighted by Gasteiger charge is 2.22. The first-order chi connectivity index (χ1) is 8.95. The number of aromatic nitrogens is 1. The largest absolute Gasteiger partial charge is 0.480 e. The van der Waals surface area contributed by atoms with Crippen molar-refractivity contribution in [2.45, 2.75) is 31.3 Å². The molecule has 1 atom stereocenters. The van der Waals surface area contributed by atoms with Crippen LogP contribution in [-0.2, 0) is 4.79 Å². The summed E-state index contributed by atoms with van der Waals surface area (Å²) in [6.07, 6.45) is 3.82. The van der Waals surface area contributed by atoms with Crippen LogP contribution in [0, 0.1) is 5.92 Å². The Bertz CT molecular complexity index is 463. The summed E-state index contributed by atoms with van der Waals surface area (Å²) >= 11 is 1.35. The highest BCUT2D eigenvalue weighted by atomic mass is 32.2. The number of carboxylic acid groups (broad SMARTS) is 1. The molecule has 1 aromatic heterocycles. The molecule has 0 spiro atoms. The van der Waals surface area contributed by atoms with Gasteiger partial charge in [-0.3, -0.25) is 4.79 Å². The Morgan fingerprint density at radius 3 is 2.68 bits per heavy atom. The number of carbonyl (C=O) groups is 2. The zero-order valence-electron chi connectivity index (χ0n) is 11.2. The van der Waals surface area contributed by atoms with E-state index in [2.05, 4.69) is 10.3 Å². The molecule has 0 aromatic carbocycles. The van der Waals surface area contributed by atoms with Crippen LogP contribution in [0.25, 0.3) is 0 Å². The smallest absolute Gasteiger partial charge is 0.326 e. The summed E-state index contributed by atoms with van der Waals surface area (Å²) in [6, 6.07) is 2.43. The van der Waals surface area contributed by atoms with Gasteiger partial charge in [0.1, 0.15) is 11.1 Å². The number of nitrogens with one attached hydrogen (secondary N) is 1. The van der Waals surface area contributed by atoms with E-state index in [1.54, 1.807) is 18.3 Å². The van der Waals surface area contributed by atoms with Crippen molar-refractivity contribution in [1.82, 2.24) is 10.3 Å². The Morgan fingerprint density at radius 2 is 2.16 bits per heavy atom. The predicted molar refractivity (Wildman–Crippen MR) is 74.4 cm³/mol. The number of hydrogen-bond donors (Lipinski definition) is 2. The van der Waals surface area contributed by atoms with Gasteiger partial charge in [0.2, 0.25) is 0 Å². The lowest BCUT2D eigenvalue weighted by Gasteiger charge is -2.17. The number of rotatable bonds is 6. The fourth-order valence-electron chi connectivity index (χ4n) is 1.66. The van der Waals surface area contributed by atoms with Crippen LogP contribution in [-0.4, -0.2) is 34.3 Å². The Labute approximate surface area is 116 Å². The third-order valence-electron chi connectivity index (χ3n) is 2.52. The summed E-state index contributed by atoms with van der Waals surface area (Å²) in [7, 11) is 0. The van der Waals surface area contributed by atoms with E-state index in [1.165, 1.54) is 11.8 Å². The van der Waals surface area contributed by atoms with Gasteiger partial charge in [-0.2, -0.15) is 0 Å². The van der Waals surface area contributed by atoms with Gasteiger partial charge in [0, 0.05) is 6.20 Å². The molecule has 1 unspecified atom stereocenters. The van der Waals surface area contributed by atoms with Gasteiger partial charge in [-0.1, -0.05) is 13.8 Å². The van der Waals surface area contributed by atoms with Gasteiger partial charge >= 0.3 is 5.97 Å². The van der Waals surface area contributed by atoms with Crippen LogP contribution in [0.2, 0.25) is 0 Å². The van der Waals surface area contributed by atoms with Gasteiger partial charge in [0.15, 0.2) is 0 Å². The van der Waals surface area contributed by atoms with E-state index in [1.807, 2.05) is 20.1 Å².